The highest BCUT2D eigenvalue weighted by Gasteiger charge is 2.46. The Labute approximate surface area is 169 Å². The van der Waals surface area contributed by atoms with Gasteiger partial charge in [-0.15, -0.1) is 6.58 Å². The fourth-order valence-electron chi connectivity index (χ4n) is 4.55. The van der Waals surface area contributed by atoms with Gasteiger partial charge < -0.3 is 9.47 Å². The number of ketones is 1. The molecule has 0 bridgehead atoms. The van der Waals surface area contributed by atoms with Crippen LogP contribution in [0.1, 0.15) is 66.2 Å². The number of ether oxygens (including phenoxy) is 2. The molecule has 152 valence electrons. The molecule has 3 rings (SSSR count). The summed E-state index contributed by atoms with van der Waals surface area (Å²) in [5.74, 6) is -0.427. The van der Waals surface area contributed by atoms with Crippen LogP contribution >= 0.6 is 0 Å². The van der Waals surface area contributed by atoms with Crippen LogP contribution in [0.15, 0.2) is 59.3 Å². The van der Waals surface area contributed by atoms with E-state index in [0.29, 0.717) is 12.8 Å². The van der Waals surface area contributed by atoms with E-state index >= 15 is 0 Å². The molecule has 1 saturated heterocycles. The van der Waals surface area contributed by atoms with E-state index in [-0.39, 0.29) is 23.9 Å². The summed E-state index contributed by atoms with van der Waals surface area (Å²) in [6, 6.07) is 0. The maximum absolute atomic E-state index is 12.1. The van der Waals surface area contributed by atoms with Gasteiger partial charge in [-0.3, -0.25) is 4.79 Å². The number of rotatable bonds is 5. The van der Waals surface area contributed by atoms with Gasteiger partial charge in [0.1, 0.15) is 0 Å². The van der Waals surface area contributed by atoms with Crippen LogP contribution in [-0.4, -0.2) is 23.8 Å². The van der Waals surface area contributed by atoms with Crippen LogP contribution < -0.4 is 0 Å². The largest absolute Gasteiger partial charge is 0.338 e. The van der Waals surface area contributed by atoms with E-state index in [1.807, 2.05) is 13.0 Å². The van der Waals surface area contributed by atoms with Gasteiger partial charge in [0.2, 0.25) is 0 Å². The SMILES string of the molecule is C=C(C)CCC/C(C)=C/[C@@H]1CC(=C)C[C@]2(C=C(C)[C@H]3CC(=O)C(C)=C[C@H]3O2)O1. The van der Waals surface area contributed by atoms with Gasteiger partial charge in [-0.2, -0.15) is 0 Å². The average Bonchev–Trinajstić information content (AvgIpc) is 2.55. The van der Waals surface area contributed by atoms with Crippen molar-refractivity contribution in [3.63, 3.8) is 0 Å². The standard InChI is InChI=1S/C25H34O3/c1-16(2)8-7-9-17(3)10-21-11-18(4)14-25(27-21)15-20(6)22-13-23(26)19(5)12-24(22)28-25/h10,12,15,21-22,24H,1,4,7-9,11,13-14H2,2-3,5-6H3/b17-10+/t21-,22-,24-,25+/m1/s1. The smallest absolute Gasteiger partial charge is 0.193 e. The molecule has 1 aliphatic carbocycles. The number of carbonyl (C=O) groups is 1. The summed E-state index contributed by atoms with van der Waals surface area (Å²) in [5, 5.41) is 0. The van der Waals surface area contributed by atoms with Gasteiger partial charge in [0.05, 0.1) is 12.2 Å². The number of carbonyl (C=O) groups excluding carboxylic acids is 1. The lowest BCUT2D eigenvalue weighted by Crippen LogP contribution is -2.50. The lowest BCUT2D eigenvalue weighted by Gasteiger charge is -2.47. The Hall–Kier alpha value is -1.71. The lowest BCUT2D eigenvalue weighted by atomic mass is 9.78. The Morgan fingerprint density at radius 2 is 2.00 bits per heavy atom. The molecule has 1 spiro atoms. The molecule has 4 atom stereocenters. The van der Waals surface area contributed by atoms with E-state index < -0.39 is 5.79 Å². The summed E-state index contributed by atoms with van der Waals surface area (Å²) in [6.45, 7) is 16.5. The number of fused-ring (bicyclic) bond motifs is 1. The van der Waals surface area contributed by atoms with Crippen molar-refractivity contribution in [2.75, 3.05) is 0 Å². The van der Waals surface area contributed by atoms with Gasteiger partial charge in [0.25, 0.3) is 0 Å². The minimum absolute atomic E-state index is 0.0259. The zero-order valence-corrected chi connectivity index (χ0v) is 17.8. The monoisotopic (exact) mass is 382 g/mol. The van der Waals surface area contributed by atoms with Gasteiger partial charge >= 0.3 is 0 Å². The van der Waals surface area contributed by atoms with Crippen molar-refractivity contribution in [2.24, 2.45) is 5.92 Å². The van der Waals surface area contributed by atoms with E-state index in [1.54, 1.807) is 0 Å². The molecule has 0 radical (unpaired) electrons. The molecule has 0 aromatic heterocycles. The van der Waals surface area contributed by atoms with Gasteiger partial charge in [-0.05, 0) is 71.1 Å². The topological polar surface area (TPSA) is 35.5 Å². The molecule has 0 amide bonds. The maximum Gasteiger partial charge on any atom is 0.193 e. The summed E-state index contributed by atoms with van der Waals surface area (Å²) in [6.07, 6.45) is 11.4. The zero-order chi connectivity index (χ0) is 20.5. The van der Waals surface area contributed by atoms with Crippen molar-refractivity contribution in [2.45, 2.75) is 84.2 Å². The van der Waals surface area contributed by atoms with E-state index in [2.05, 4.69) is 46.1 Å². The molecular weight excluding hydrogens is 348 g/mol. The van der Waals surface area contributed by atoms with Crippen molar-refractivity contribution in [3.8, 4) is 0 Å². The number of allylic oxidation sites excluding steroid dienone is 3. The van der Waals surface area contributed by atoms with E-state index in [1.165, 1.54) is 16.7 Å². The third-order valence-electron chi connectivity index (χ3n) is 6.01. The Morgan fingerprint density at radius 1 is 1.25 bits per heavy atom. The van der Waals surface area contributed by atoms with Crippen molar-refractivity contribution < 1.29 is 14.3 Å². The fourth-order valence-corrected chi connectivity index (χ4v) is 4.55. The minimum Gasteiger partial charge on any atom is -0.338 e. The van der Waals surface area contributed by atoms with Crippen LogP contribution in [0.2, 0.25) is 0 Å². The number of Topliss-reactive ketones (excluding diaryl/α,β-unsaturated/α-hetero) is 1. The molecule has 3 nitrogen and oxygen atoms in total. The molecule has 2 aliphatic heterocycles. The Balaban J connectivity index is 1.76. The van der Waals surface area contributed by atoms with Gasteiger partial charge in [-0.1, -0.05) is 34.9 Å². The van der Waals surface area contributed by atoms with Gasteiger partial charge in [-0.25, -0.2) is 0 Å². The van der Waals surface area contributed by atoms with E-state index in [9.17, 15) is 4.79 Å². The molecule has 2 heterocycles. The normalized spacial score (nSPS) is 33.4. The second kappa shape index (κ2) is 8.34. The maximum atomic E-state index is 12.1. The van der Waals surface area contributed by atoms with Crippen LogP contribution in [0, 0.1) is 5.92 Å². The molecule has 28 heavy (non-hydrogen) atoms. The summed E-state index contributed by atoms with van der Waals surface area (Å²) in [7, 11) is 0. The van der Waals surface area contributed by atoms with Crippen molar-refractivity contribution in [1.82, 2.24) is 0 Å². The predicted molar refractivity (Wildman–Crippen MR) is 114 cm³/mol. The number of hydrogen-bond donors (Lipinski definition) is 0. The molecule has 3 heteroatoms. The number of hydrogen-bond acceptors (Lipinski definition) is 3. The highest BCUT2D eigenvalue weighted by molar-refractivity contribution is 5.96. The van der Waals surface area contributed by atoms with Crippen LogP contribution in [0.25, 0.3) is 0 Å². The second-order valence-electron chi connectivity index (χ2n) is 8.98. The van der Waals surface area contributed by atoms with Crippen molar-refractivity contribution >= 4 is 5.78 Å². The van der Waals surface area contributed by atoms with E-state index in [0.717, 1.165) is 36.8 Å². The van der Waals surface area contributed by atoms with Crippen molar-refractivity contribution in [3.05, 3.63) is 59.3 Å². The molecule has 0 saturated carbocycles. The second-order valence-corrected chi connectivity index (χ2v) is 8.98. The van der Waals surface area contributed by atoms with Crippen LogP contribution in [0.5, 0.6) is 0 Å². The Morgan fingerprint density at radius 3 is 2.71 bits per heavy atom. The highest BCUT2D eigenvalue weighted by Crippen LogP contribution is 2.44. The molecule has 1 fully saturated rings. The molecule has 0 N–H and O–H groups in total. The first-order valence-corrected chi connectivity index (χ1v) is 10.4. The summed E-state index contributed by atoms with van der Waals surface area (Å²) < 4.78 is 13.0. The average molecular weight is 383 g/mol. The van der Waals surface area contributed by atoms with Crippen LogP contribution in [0.4, 0.5) is 0 Å². The third kappa shape index (κ3) is 4.82. The first-order chi connectivity index (χ1) is 13.2. The van der Waals surface area contributed by atoms with E-state index in [4.69, 9.17) is 9.47 Å². The molecule has 3 aliphatic rings. The quantitative estimate of drug-likeness (QED) is 0.548. The molecule has 0 unspecified atom stereocenters. The Bertz CT molecular complexity index is 767. The summed E-state index contributed by atoms with van der Waals surface area (Å²) in [5.41, 5.74) is 5.70. The fraction of sp³-hybridized carbons (Fsp3) is 0.560. The third-order valence-corrected chi connectivity index (χ3v) is 6.01. The summed E-state index contributed by atoms with van der Waals surface area (Å²) in [4.78, 5) is 12.1. The first-order valence-electron chi connectivity index (χ1n) is 10.4. The first kappa shape index (κ1) is 21.0. The lowest BCUT2D eigenvalue weighted by molar-refractivity contribution is -0.256. The molecule has 0 aromatic rings. The van der Waals surface area contributed by atoms with Gasteiger partial charge in [0.15, 0.2) is 11.6 Å². The van der Waals surface area contributed by atoms with Crippen LogP contribution in [-0.2, 0) is 14.3 Å². The van der Waals surface area contributed by atoms with Crippen molar-refractivity contribution in [1.29, 1.82) is 0 Å². The summed E-state index contributed by atoms with van der Waals surface area (Å²) >= 11 is 0. The zero-order valence-electron chi connectivity index (χ0n) is 17.8. The molecule has 0 aromatic carbocycles. The Kier molecular flexibility index (Phi) is 6.26. The predicted octanol–water partition coefficient (Wildman–Crippen LogP) is 5.99. The van der Waals surface area contributed by atoms with Gasteiger partial charge in [0, 0.05) is 18.8 Å². The minimum atomic E-state index is -0.767. The highest BCUT2D eigenvalue weighted by atomic mass is 16.7. The van der Waals surface area contributed by atoms with Crippen LogP contribution in [0.3, 0.4) is 0 Å². The molecular formula is C25H34O3.